The summed E-state index contributed by atoms with van der Waals surface area (Å²) in [5.74, 6) is -1.79. The van der Waals surface area contributed by atoms with Crippen LogP contribution in [0.15, 0.2) is 34.4 Å². The molecule has 0 atom stereocenters. The Bertz CT molecular complexity index is 698. The Morgan fingerprint density at radius 3 is 2.71 bits per heavy atom. The van der Waals surface area contributed by atoms with Gasteiger partial charge in [0, 0.05) is 12.6 Å². The van der Waals surface area contributed by atoms with Crippen LogP contribution >= 0.6 is 11.8 Å². The van der Waals surface area contributed by atoms with E-state index in [0.29, 0.717) is 29.8 Å². The standard InChI is InChI=1S/C16H16F4N2OS/c1-3-4-7-22-15(24-10(2)21-22)9-14(23)12-8-11(16(18,19)20)5-6-13(12)17/h5-6,8-9H,3-4,7H2,1-2H3/b15-9-. The van der Waals surface area contributed by atoms with Gasteiger partial charge in [-0.2, -0.15) is 18.3 Å². The van der Waals surface area contributed by atoms with Gasteiger partial charge in [-0.25, -0.2) is 4.39 Å². The van der Waals surface area contributed by atoms with E-state index < -0.39 is 28.9 Å². The van der Waals surface area contributed by atoms with E-state index in [9.17, 15) is 22.4 Å². The molecule has 0 aliphatic carbocycles. The molecule has 1 aromatic rings. The highest BCUT2D eigenvalue weighted by Gasteiger charge is 2.32. The molecule has 1 aromatic carbocycles. The fraction of sp³-hybridized carbons (Fsp3) is 0.375. The van der Waals surface area contributed by atoms with E-state index in [1.54, 1.807) is 11.9 Å². The van der Waals surface area contributed by atoms with Crippen LogP contribution in [0.2, 0.25) is 0 Å². The average molecular weight is 360 g/mol. The molecule has 130 valence electrons. The summed E-state index contributed by atoms with van der Waals surface area (Å²) in [6.07, 6.45) is -1.72. The van der Waals surface area contributed by atoms with E-state index in [0.717, 1.165) is 24.0 Å². The molecule has 0 spiro atoms. The molecule has 0 saturated heterocycles. The molecule has 0 aromatic heterocycles. The number of carbonyl (C=O) groups excluding carboxylic acids is 1. The molecule has 1 aliphatic heterocycles. The molecule has 24 heavy (non-hydrogen) atoms. The molecule has 1 heterocycles. The Kier molecular flexibility index (Phi) is 5.69. The number of halogens is 4. The number of alkyl halides is 3. The molecular weight excluding hydrogens is 344 g/mol. The van der Waals surface area contributed by atoms with Gasteiger partial charge in [-0.05, 0) is 31.5 Å². The minimum Gasteiger partial charge on any atom is -0.289 e. The zero-order valence-electron chi connectivity index (χ0n) is 13.2. The van der Waals surface area contributed by atoms with Crippen molar-refractivity contribution in [3.63, 3.8) is 0 Å². The molecule has 0 N–H and O–H groups in total. The molecule has 8 heteroatoms. The van der Waals surface area contributed by atoms with Gasteiger partial charge in [0.2, 0.25) is 0 Å². The van der Waals surface area contributed by atoms with E-state index in [-0.39, 0.29) is 0 Å². The number of hydrogen-bond donors (Lipinski definition) is 0. The maximum atomic E-state index is 13.8. The smallest absolute Gasteiger partial charge is 0.289 e. The molecule has 0 fully saturated rings. The van der Waals surface area contributed by atoms with Crippen LogP contribution in [-0.4, -0.2) is 22.4 Å². The molecule has 2 rings (SSSR count). The Hall–Kier alpha value is -1.83. The second-order valence-electron chi connectivity index (χ2n) is 5.24. The summed E-state index contributed by atoms with van der Waals surface area (Å²) in [6, 6.07) is 1.82. The van der Waals surface area contributed by atoms with Crippen LogP contribution in [0, 0.1) is 5.82 Å². The van der Waals surface area contributed by atoms with Gasteiger partial charge in [0.15, 0.2) is 5.78 Å². The molecule has 3 nitrogen and oxygen atoms in total. The Morgan fingerprint density at radius 1 is 1.38 bits per heavy atom. The van der Waals surface area contributed by atoms with Gasteiger partial charge < -0.3 is 0 Å². The molecule has 0 saturated carbocycles. The van der Waals surface area contributed by atoms with E-state index in [2.05, 4.69) is 5.10 Å². The number of benzene rings is 1. The summed E-state index contributed by atoms with van der Waals surface area (Å²) in [5.41, 5.74) is -1.65. The predicted molar refractivity (Wildman–Crippen MR) is 86.1 cm³/mol. The number of ketones is 1. The maximum Gasteiger partial charge on any atom is 0.416 e. The minimum atomic E-state index is -4.63. The van der Waals surface area contributed by atoms with Gasteiger partial charge in [0.05, 0.1) is 16.2 Å². The molecule has 0 unspecified atom stereocenters. The summed E-state index contributed by atoms with van der Waals surface area (Å²) in [4.78, 5) is 12.3. The van der Waals surface area contributed by atoms with E-state index >= 15 is 0 Å². The molecule has 0 radical (unpaired) electrons. The fourth-order valence-corrected chi connectivity index (χ4v) is 2.94. The van der Waals surface area contributed by atoms with Crippen molar-refractivity contribution >= 4 is 22.6 Å². The third kappa shape index (κ3) is 4.37. The second kappa shape index (κ2) is 7.38. The number of thioether (sulfide) groups is 1. The number of rotatable bonds is 5. The average Bonchev–Trinajstić information content (AvgIpc) is 2.83. The quantitative estimate of drug-likeness (QED) is 0.418. The lowest BCUT2D eigenvalue weighted by molar-refractivity contribution is -0.137. The first-order chi connectivity index (χ1) is 11.2. The number of nitrogens with zero attached hydrogens (tertiary/aromatic N) is 2. The molecular formula is C16H16F4N2OS. The van der Waals surface area contributed by atoms with Gasteiger partial charge in [0.25, 0.3) is 0 Å². The van der Waals surface area contributed by atoms with Crippen molar-refractivity contribution in [2.24, 2.45) is 5.10 Å². The second-order valence-corrected chi connectivity index (χ2v) is 6.45. The zero-order valence-corrected chi connectivity index (χ0v) is 14.0. The van der Waals surface area contributed by atoms with Gasteiger partial charge in [0.1, 0.15) is 10.8 Å². The lowest BCUT2D eigenvalue weighted by Gasteiger charge is -2.14. The van der Waals surface area contributed by atoms with Crippen molar-refractivity contribution in [2.75, 3.05) is 6.54 Å². The Balaban J connectivity index is 2.29. The number of allylic oxidation sites excluding steroid dienone is 1. The summed E-state index contributed by atoms with van der Waals surface area (Å²) >= 11 is 1.23. The van der Waals surface area contributed by atoms with Crippen LogP contribution in [0.3, 0.4) is 0 Å². The Morgan fingerprint density at radius 2 is 2.08 bits per heavy atom. The molecule has 0 amide bonds. The monoisotopic (exact) mass is 360 g/mol. The number of carbonyl (C=O) groups is 1. The highest BCUT2D eigenvalue weighted by molar-refractivity contribution is 8.17. The first-order valence-corrected chi connectivity index (χ1v) is 8.17. The SMILES string of the molecule is CCCCN1N=C(C)S/C1=C\C(=O)c1cc(C(F)(F)F)ccc1F. The van der Waals surface area contributed by atoms with Crippen LogP contribution in [0.25, 0.3) is 0 Å². The van der Waals surface area contributed by atoms with Crippen LogP contribution in [0.1, 0.15) is 42.6 Å². The van der Waals surface area contributed by atoms with Gasteiger partial charge >= 0.3 is 6.18 Å². The maximum absolute atomic E-state index is 13.8. The summed E-state index contributed by atoms with van der Waals surface area (Å²) in [7, 11) is 0. The fourth-order valence-electron chi connectivity index (χ4n) is 2.10. The van der Waals surface area contributed by atoms with E-state index in [1.807, 2.05) is 6.92 Å². The lowest BCUT2D eigenvalue weighted by Crippen LogP contribution is -2.15. The van der Waals surface area contributed by atoms with Crippen molar-refractivity contribution in [3.8, 4) is 0 Å². The minimum absolute atomic E-state index is 0.489. The van der Waals surface area contributed by atoms with Gasteiger partial charge in [-0.1, -0.05) is 25.1 Å². The van der Waals surface area contributed by atoms with Crippen molar-refractivity contribution in [1.29, 1.82) is 0 Å². The largest absolute Gasteiger partial charge is 0.416 e. The number of hydrogen-bond acceptors (Lipinski definition) is 4. The predicted octanol–water partition coefficient (Wildman–Crippen LogP) is 5.05. The van der Waals surface area contributed by atoms with Gasteiger partial charge in [-0.15, -0.1) is 0 Å². The number of hydrazone groups is 1. The first-order valence-electron chi connectivity index (χ1n) is 7.35. The van der Waals surface area contributed by atoms with Crippen molar-refractivity contribution in [1.82, 2.24) is 5.01 Å². The topological polar surface area (TPSA) is 32.7 Å². The molecule has 1 aliphatic rings. The van der Waals surface area contributed by atoms with Crippen LogP contribution < -0.4 is 0 Å². The summed E-state index contributed by atoms with van der Waals surface area (Å²) < 4.78 is 52.0. The van der Waals surface area contributed by atoms with Crippen LogP contribution in [0.4, 0.5) is 17.6 Å². The lowest BCUT2D eigenvalue weighted by atomic mass is 10.1. The third-order valence-corrected chi connectivity index (χ3v) is 4.22. The van der Waals surface area contributed by atoms with Crippen molar-refractivity contribution < 1.29 is 22.4 Å². The van der Waals surface area contributed by atoms with Crippen LogP contribution in [-0.2, 0) is 6.18 Å². The summed E-state index contributed by atoms with van der Waals surface area (Å²) in [6.45, 7) is 4.36. The van der Waals surface area contributed by atoms with E-state index in [4.69, 9.17) is 0 Å². The zero-order chi connectivity index (χ0) is 17.9. The highest BCUT2D eigenvalue weighted by Crippen LogP contribution is 2.32. The van der Waals surface area contributed by atoms with Gasteiger partial charge in [-0.3, -0.25) is 9.80 Å². The van der Waals surface area contributed by atoms with E-state index in [1.165, 1.54) is 11.8 Å². The van der Waals surface area contributed by atoms with Crippen molar-refractivity contribution in [3.05, 3.63) is 46.2 Å². The van der Waals surface area contributed by atoms with Crippen molar-refractivity contribution in [2.45, 2.75) is 32.9 Å². The normalized spacial score (nSPS) is 16.7. The summed E-state index contributed by atoms with van der Waals surface area (Å²) in [5, 5.41) is 7.08. The Labute approximate surface area is 141 Å². The van der Waals surface area contributed by atoms with Crippen LogP contribution in [0.5, 0.6) is 0 Å². The third-order valence-electron chi connectivity index (χ3n) is 3.31. The number of unbranched alkanes of at least 4 members (excludes halogenated alkanes) is 1. The first kappa shape index (κ1) is 18.5. The molecule has 0 bridgehead atoms. The highest BCUT2D eigenvalue weighted by atomic mass is 32.2.